The average molecular weight is 172 g/mol. The van der Waals surface area contributed by atoms with Crippen molar-refractivity contribution in [2.75, 3.05) is 0 Å². The Kier molecular flexibility index (Phi) is 3.54. The van der Waals surface area contributed by atoms with Crippen LogP contribution in [0.15, 0.2) is 18.3 Å². The molecule has 60 valence electrons. The van der Waals surface area contributed by atoms with Gasteiger partial charge in [-0.15, -0.1) is 12.4 Å². The van der Waals surface area contributed by atoms with Gasteiger partial charge in [0.2, 0.25) is 0 Å². The molecule has 1 rings (SSSR count). The van der Waals surface area contributed by atoms with E-state index in [9.17, 15) is 0 Å². The molecular weight excluding hydrogens is 162 g/mol. The van der Waals surface area contributed by atoms with Gasteiger partial charge in [-0.1, -0.05) is 0 Å². The zero-order chi connectivity index (χ0) is 7.56. The summed E-state index contributed by atoms with van der Waals surface area (Å²) in [6.07, 6.45) is 1.68. The third kappa shape index (κ3) is 2.20. The van der Waals surface area contributed by atoms with E-state index in [4.69, 9.17) is 11.1 Å². The number of nitrogens with two attached hydrogens (primary N) is 1. The predicted molar refractivity (Wildman–Crippen MR) is 47.2 cm³/mol. The predicted octanol–water partition coefficient (Wildman–Crippen LogP) is 1.10. The first-order valence-electron chi connectivity index (χ1n) is 2.98. The normalized spacial score (nSPS) is 8.45. The number of nitrogens with zero attached hydrogens (tertiary/aromatic N) is 1. The van der Waals surface area contributed by atoms with Crippen molar-refractivity contribution in [3.8, 4) is 0 Å². The lowest BCUT2D eigenvalue weighted by atomic mass is 10.2. The summed E-state index contributed by atoms with van der Waals surface area (Å²) in [6.45, 7) is 1.83. The maximum atomic E-state index is 7.11. The van der Waals surface area contributed by atoms with E-state index in [0.717, 1.165) is 5.69 Å². The zero-order valence-electron chi connectivity index (χ0n) is 6.16. The van der Waals surface area contributed by atoms with E-state index in [1.54, 1.807) is 18.3 Å². The first-order valence-corrected chi connectivity index (χ1v) is 2.98. The molecular formula is C7H10ClN3. The fourth-order valence-electron chi connectivity index (χ4n) is 0.769. The van der Waals surface area contributed by atoms with Gasteiger partial charge in [0, 0.05) is 17.5 Å². The summed E-state index contributed by atoms with van der Waals surface area (Å²) in [5.41, 5.74) is 6.77. The molecule has 0 unspecified atom stereocenters. The lowest BCUT2D eigenvalue weighted by molar-refractivity contribution is 1.18. The van der Waals surface area contributed by atoms with Crippen LogP contribution >= 0.6 is 12.4 Å². The molecule has 0 bridgehead atoms. The molecule has 0 saturated carbocycles. The molecule has 0 aliphatic rings. The number of pyridine rings is 1. The molecule has 0 atom stereocenters. The second-order valence-corrected chi connectivity index (χ2v) is 2.05. The molecule has 0 aliphatic heterocycles. The topological polar surface area (TPSA) is 62.8 Å². The van der Waals surface area contributed by atoms with Crippen LogP contribution in [0.1, 0.15) is 11.3 Å². The number of amidine groups is 1. The van der Waals surface area contributed by atoms with Crippen LogP contribution in [0.4, 0.5) is 0 Å². The van der Waals surface area contributed by atoms with Crippen LogP contribution in [-0.4, -0.2) is 10.8 Å². The van der Waals surface area contributed by atoms with Crippen LogP contribution in [0.3, 0.4) is 0 Å². The quantitative estimate of drug-likeness (QED) is 0.491. The molecule has 0 fully saturated rings. The highest BCUT2D eigenvalue weighted by Crippen LogP contribution is 2.00. The van der Waals surface area contributed by atoms with Crippen molar-refractivity contribution in [1.82, 2.24) is 4.98 Å². The lowest BCUT2D eigenvalue weighted by Crippen LogP contribution is -2.13. The minimum atomic E-state index is 0. The lowest BCUT2D eigenvalue weighted by Gasteiger charge is -1.99. The van der Waals surface area contributed by atoms with E-state index >= 15 is 0 Å². The maximum absolute atomic E-state index is 7.11. The van der Waals surface area contributed by atoms with Crippen LogP contribution in [0.25, 0.3) is 0 Å². The Morgan fingerprint density at radius 1 is 1.64 bits per heavy atom. The minimum Gasteiger partial charge on any atom is -0.384 e. The van der Waals surface area contributed by atoms with E-state index in [0.29, 0.717) is 5.56 Å². The summed E-state index contributed by atoms with van der Waals surface area (Å²) in [4.78, 5) is 3.98. The summed E-state index contributed by atoms with van der Waals surface area (Å²) >= 11 is 0. The second-order valence-electron chi connectivity index (χ2n) is 2.05. The van der Waals surface area contributed by atoms with Gasteiger partial charge in [0.25, 0.3) is 0 Å². The molecule has 4 heteroatoms. The molecule has 0 radical (unpaired) electrons. The van der Waals surface area contributed by atoms with Crippen LogP contribution in [0.2, 0.25) is 0 Å². The number of nitrogens with one attached hydrogen (secondary N) is 1. The third-order valence-electron chi connectivity index (χ3n) is 1.30. The Bertz CT molecular complexity index is 260. The fourth-order valence-corrected chi connectivity index (χ4v) is 0.769. The van der Waals surface area contributed by atoms with E-state index in [1.807, 2.05) is 6.92 Å². The van der Waals surface area contributed by atoms with Gasteiger partial charge in [-0.3, -0.25) is 10.4 Å². The van der Waals surface area contributed by atoms with Gasteiger partial charge in [0.05, 0.1) is 0 Å². The molecule has 0 aliphatic carbocycles. The molecule has 0 saturated heterocycles. The molecule has 3 nitrogen and oxygen atoms in total. The van der Waals surface area contributed by atoms with E-state index < -0.39 is 0 Å². The van der Waals surface area contributed by atoms with Crippen molar-refractivity contribution in [1.29, 1.82) is 5.41 Å². The highest BCUT2D eigenvalue weighted by atomic mass is 35.5. The van der Waals surface area contributed by atoms with Crippen LogP contribution in [0, 0.1) is 12.3 Å². The number of nitrogen functional groups attached to an aromatic ring is 1. The molecule has 0 aromatic carbocycles. The van der Waals surface area contributed by atoms with Crippen LogP contribution < -0.4 is 5.73 Å². The summed E-state index contributed by atoms with van der Waals surface area (Å²) in [5.74, 6) is 0.0746. The number of aryl methyl sites for hydroxylation is 1. The van der Waals surface area contributed by atoms with E-state index in [1.165, 1.54) is 0 Å². The Morgan fingerprint density at radius 3 is 2.64 bits per heavy atom. The van der Waals surface area contributed by atoms with Gasteiger partial charge in [-0.25, -0.2) is 0 Å². The van der Waals surface area contributed by atoms with Gasteiger partial charge in [-0.05, 0) is 19.1 Å². The largest absolute Gasteiger partial charge is 0.384 e. The molecule has 1 heterocycles. The summed E-state index contributed by atoms with van der Waals surface area (Å²) in [5, 5.41) is 7.11. The Hall–Kier alpha value is -1.09. The van der Waals surface area contributed by atoms with Gasteiger partial charge < -0.3 is 5.73 Å². The summed E-state index contributed by atoms with van der Waals surface area (Å²) in [7, 11) is 0. The average Bonchev–Trinajstić information content (AvgIpc) is 1.88. The van der Waals surface area contributed by atoms with Crippen molar-refractivity contribution < 1.29 is 0 Å². The van der Waals surface area contributed by atoms with Crippen LogP contribution in [-0.2, 0) is 0 Å². The van der Waals surface area contributed by atoms with Crippen molar-refractivity contribution in [2.45, 2.75) is 6.92 Å². The Labute approximate surface area is 71.6 Å². The zero-order valence-corrected chi connectivity index (χ0v) is 6.98. The highest BCUT2D eigenvalue weighted by Gasteiger charge is 1.98. The second kappa shape index (κ2) is 3.93. The van der Waals surface area contributed by atoms with Crippen molar-refractivity contribution in [3.05, 3.63) is 29.6 Å². The van der Waals surface area contributed by atoms with Gasteiger partial charge >= 0.3 is 0 Å². The SMILES string of the molecule is Cc1ncccc1C(=N)N.Cl. The van der Waals surface area contributed by atoms with Crippen LogP contribution in [0.5, 0.6) is 0 Å². The van der Waals surface area contributed by atoms with E-state index in [-0.39, 0.29) is 18.2 Å². The summed E-state index contributed by atoms with van der Waals surface area (Å²) < 4.78 is 0. The maximum Gasteiger partial charge on any atom is 0.124 e. The number of halogens is 1. The fraction of sp³-hybridized carbons (Fsp3) is 0.143. The van der Waals surface area contributed by atoms with Crippen molar-refractivity contribution in [2.24, 2.45) is 5.73 Å². The van der Waals surface area contributed by atoms with Gasteiger partial charge in [0.15, 0.2) is 0 Å². The number of aromatic nitrogens is 1. The molecule has 1 aromatic heterocycles. The smallest absolute Gasteiger partial charge is 0.124 e. The minimum absolute atomic E-state index is 0. The highest BCUT2D eigenvalue weighted by molar-refractivity contribution is 5.95. The third-order valence-corrected chi connectivity index (χ3v) is 1.30. The molecule has 3 N–H and O–H groups in total. The number of hydrogen-bond acceptors (Lipinski definition) is 2. The number of hydrogen-bond donors (Lipinski definition) is 2. The molecule has 1 aromatic rings. The number of rotatable bonds is 1. The first kappa shape index (κ1) is 9.91. The standard InChI is InChI=1S/C7H9N3.ClH/c1-5-6(7(8)9)3-2-4-10-5;/h2-4H,1H3,(H3,8,9);1H. The van der Waals surface area contributed by atoms with E-state index in [2.05, 4.69) is 4.98 Å². The summed E-state index contributed by atoms with van der Waals surface area (Å²) in [6, 6.07) is 3.55. The first-order chi connectivity index (χ1) is 4.72. The molecule has 0 spiro atoms. The molecule has 11 heavy (non-hydrogen) atoms. The van der Waals surface area contributed by atoms with Gasteiger partial charge in [0.1, 0.15) is 5.84 Å². The van der Waals surface area contributed by atoms with Gasteiger partial charge in [-0.2, -0.15) is 0 Å². The van der Waals surface area contributed by atoms with Crippen molar-refractivity contribution in [3.63, 3.8) is 0 Å². The Balaban J connectivity index is 0.000001000. The monoisotopic (exact) mass is 171 g/mol. The molecule has 0 amide bonds. The van der Waals surface area contributed by atoms with Crippen molar-refractivity contribution >= 4 is 18.2 Å². The Morgan fingerprint density at radius 2 is 2.27 bits per heavy atom.